The van der Waals surface area contributed by atoms with E-state index in [2.05, 4.69) is 0 Å². The third kappa shape index (κ3) is 3.49. The van der Waals surface area contributed by atoms with Crippen molar-refractivity contribution in [2.45, 2.75) is 18.6 Å². The van der Waals surface area contributed by atoms with Crippen molar-refractivity contribution in [1.29, 1.82) is 0 Å². The molecule has 0 radical (unpaired) electrons. The molecule has 0 saturated carbocycles. The van der Waals surface area contributed by atoms with E-state index in [9.17, 15) is 29.9 Å². The quantitative estimate of drug-likeness (QED) is 0.406. The molecule has 0 aliphatic rings. The predicted molar refractivity (Wildman–Crippen MR) is 64.8 cm³/mol. The summed E-state index contributed by atoms with van der Waals surface area (Å²) < 4.78 is 0. The maximum atomic E-state index is 10.9. The van der Waals surface area contributed by atoms with Crippen LogP contribution in [0.25, 0.3) is 0 Å². The SMILES string of the molecule is NC(=O)CC(O)C(O)c1ccc([N+](=O)[O-])c(C(=O)O)c1. The fourth-order valence-corrected chi connectivity index (χ4v) is 1.61. The molecule has 1 aromatic rings. The number of carbonyl (C=O) groups excluding carboxylic acids is 1. The summed E-state index contributed by atoms with van der Waals surface area (Å²) in [6.07, 6.45) is -3.64. The van der Waals surface area contributed by atoms with Crippen molar-refractivity contribution in [2.75, 3.05) is 0 Å². The monoisotopic (exact) mass is 284 g/mol. The van der Waals surface area contributed by atoms with Crippen LogP contribution in [0.3, 0.4) is 0 Å². The number of carboxylic acid groups (broad SMARTS) is 1. The van der Waals surface area contributed by atoms with E-state index in [1.807, 2.05) is 0 Å². The molecule has 1 amide bonds. The van der Waals surface area contributed by atoms with Gasteiger partial charge in [-0.2, -0.15) is 0 Å². The molecular formula is C11H12N2O7. The van der Waals surface area contributed by atoms with Crippen molar-refractivity contribution >= 4 is 17.6 Å². The fraction of sp³-hybridized carbons (Fsp3) is 0.273. The van der Waals surface area contributed by atoms with Crippen LogP contribution in [0.5, 0.6) is 0 Å². The Bertz CT molecular complexity index is 558. The largest absolute Gasteiger partial charge is 0.477 e. The van der Waals surface area contributed by atoms with Crippen molar-refractivity contribution in [1.82, 2.24) is 0 Å². The number of nitrogens with zero attached hydrogens (tertiary/aromatic N) is 1. The molecule has 0 saturated heterocycles. The first-order valence-corrected chi connectivity index (χ1v) is 5.40. The Kier molecular flexibility index (Phi) is 4.73. The van der Waals surface area contributed by atoms with Gasteiger partial charge in [0.1, 0.15) is 11.7 Å². The van der Waals surface area contributed by atoms with Crippen molar-refractivity contribution < 1.29 is 29.8 Å². The third-order valence-electron chi connectivity index (χ3n) is 2.56. The van der Waals surface area contributed by atoms with E-state index in [1.165, 1.54) is 0 Å². The first kappa shape index (κ1) is 15.5. The predicted octanol–water partition coefficient (Wildman–Crippen LogP) is -0.437. The first-order valence-electron chi connectivity index (χ1n) is 5.40. The van der Waals surface area contributed by atoms with Crippen molar-refractivity contribution in [3.8, 4) is 0 Å². The van der Waals surface area contributed by atoms with Crippen molar-refractivity contribution in [2.24, 2.45) is 5.73 Å². The van der Waals surface area contributed by atoms with Crippen LogP contribution in [0.2, 0.25) is 0 Å². The Morgan fingerprint density at radius 3 is 2.40 bits per heavy atom. The maximum Gasteiger partial charge on any atom is 0.342 e. The van der Waals surface area contributed by atoms with Crippen LogP contribution < -0.4 is 5.73 Å². The van der Waals surface area contributed by atoms with E-state index in [-0.39, 0.29) is 5.56 Å². The van der Waals surface area contributed by atoms with Crippen LogP contribution in [0.4, 0.5) is 5.69 Å². The lowest BCUT2D eigenvalue weighted by atomic mass is 9.99. The number of hydrogen-bond acceptors (Lipinski definition) is 6. The molecule has 0 bridgehead atoms. The van der Waals surface area contributed by atoms with Gasteiger partial charge in [-0.15, -0.1) is 0 Å². The number of primary amides is 1. The molecule has 0 heterocycles. The minimum atomic E-state index is -1.58. The third-order valence-corrected chi connectivity index (χ3v) is 2.56. The molecule has 9 nitrogen and oxygen atoms in total. The molecule has 9 heteroatoms. The number of nitro benzene ring substituents is 1. The smallest absolute Gasteiger partial charge is 0.342 e. The number of hydrogen-bond donors (Lipinski definition) is 4. The van der Waals surface area contributed by atoms with Crippen LogP contribution in [0.1, 0.15) is 28.4 Å². The highest BCUT2D eigenvalue weighted by Crippen LogP contribution is 2.25. The molecule has 1 rings (SSSR count). The standard InChI is InChI=1S/C11H12N2O7/c12-9(15)4-8(14)10(16)5-1-2-7(13(19)20)6(3-5)11(17)18/h1-3,8,10,14,16H,4H2,(H2,12,15)(H,17,18). The molecule has 0 aliphatic carbocycles. The lowest BCUT2D eigenvalue weighted by Crippen LogP contribution is -2.25. The second kappa shape index (κ2) is 6.08. The van der Waals surface area contributed by atoms with Gasteiger partial charge in [-0.3, -0.25) is 14.9 Å². The van der Waals surface area contributed by atoms with E-state index in [4.69, 9.17) is 10.8 Å². The number of carbonyl (C=O) groups is 2. The van der Waals surface area contributed by atoms with Crippen LogP contribution in [0, 0.1) is 10.1 Å². The van der Waals surface area contributed by atoms with Gasteiger partial charge < -0.3 is 21.1 Å². The van der Waals surface area contributed by atoms with Gasteiger partial charge in [0.2, 0.25) is 5.91 Å². The lowest BCUT2D eigenvalue weighted by molar-refractivity contribution is -0.385. The number of rotatable bonds is 6. The summed E-state index contributed by atoms with van der Waals surface area (Å²) in [5, 5.41) is 38.8. The van der Waals surface area contributed by atoms with E-state index in [1.54, 1.807) is 0 Å². The van der Waals surface area contributed by atoms with Gasteiger partial charge >= 0.3 is 5.97 Å². The highest BCUT2D eigenvalue weighted by molar-refractivity contribution is 5.92. The summed E-state index contributed by atoms with van der Waals surface area (Å²) in [7, 11) is 0. The molecule has 0 fully saturated rings. The molecule has 0 aromatic heterocycles. The van der Waals surface area contributed by atoms with Gasteiger partial charge in [0.05, 0.1) is 17.4 Å². The van der Waals surface area contributed by atoms with Gasteiger partial charge in [-0.05, 0) is 17.7 Å². The number of carboxylic acids is 1. The Morgan fingerprint density at radius 2 is 1.95 bits per heavy atom. The zero-order valence-corrected chi connectivity index (χ0v) is 10.1. The van der Waals surface area contributed by atoms with E-state index < -0.39 is 46.7 Å². The summed E-state index contributed by atoms with van der Waals surface area (Å²) in [5.74, 6) is -2.40. The average molecular weight is 284 g/mol. The van der Waals surface area contributed by atoms with E-state index in [0.717, 1.165) is 18.2 Å². The number of nitro groups is 1. The number of aliphatic hydroxyl groups is 2. The number of benzene rings is 1. The van der Waals surface area contributed by atoms with Gasteiger partial charge in [0.15, 0.2) is 0 Å². The van der Waals surface area contributed by atoms with E-state index in [0.29, 0.717) is 0 Å². The second-order valence-corrected chi connectivity index (χ2v) is 4.02. The summed E-state index contributed by atoms with van der Waals surface area (Å²) in [5.41, 5.74) is 3.52. The Hall–Kier alpha value is -2.52. The number of nitrogens with two attached hydrogens (primary N) is 1. The number of amides is 1. The summed E-state index contributed by atoms with van der Waals surface area (Å²) >= 11 is 0. The zero-order valence-electron chi connectivity index (χ0n) is 10.1. The molecular weight excluding hydrogens is 272 g/mol. The number of aromatic carboxylic acids is 1. The Balaban J connectivity index is 3.14. The molecule has 5 N–H and O–H groups in total. The highest BCUT2D eigenvalue weighted by Gasteiger charge is 2.25. The van der Waals surface area contributed by atoms with E-state index >= 15 is 0 Å². The molecule has 2 unspecified atom stereocenters. The molecule has 0 spiro atoms. The van der Waals surface area contributed by atoms with Gasteiger partial charge in [-0.1, -0.05) is 0 Å². The van der Waals surface area contributed by atoms with Gasteiger partial charge in [0, 0.05) is 6.07 Å². The molecule has 0 aliphatic heterocycles. The average Bonchev–Trinajstić information content (AvgIpc) is 2.36. The van der Waals surface area contributed by atoms with Crippen molar-refractivity contribution in [3.05, 3.63) is 39.4 Å². The summed E-state index contributed by atoms with van der Waals surface area (Å²) in [4.78, 5) is 31.3. The zero-order chi connectivity index (χ0) is 15.4. The summed E-state index contributed by atoms with van der Waals surface area (Å²) in [6, 6.07) is 2.87. The number of aliphatic hydroxyl groups excluding tert-OH is 2. The van der Waals surface area contributed by atoms with Crippen LogP contribution >= 0.6 is 0 Å². The maximum absolute atomic E-state index is 10.9. The van der Waals surface area contributed by atoms with Gasteiger partial charge in [0.25, 0.3) is 5.69 Å². The first-order chi connectivity index (χ1) is 9.23. The Morgan fingerprint density at radius 1 is 1.35 bits per heavy atom. The normalized spacial score (nSPS) is 13.5. The molecule has 108 valence electrons. The van der Waals surface area contributed by atoms with Crippen molar-refractivity contribution in [3.63, 3.8) is 0 Å². The molecule has 2 atom stereocenters. The van der Waals surface area contributed by atoms with Crippen LogP contribution in [-0.2, 0) is 4.79 Å². The second-order valence-electron chi connectivity index (χ2n) is 4.02. The minimum Gasteiger partial charge on any atom is -0.477 e. The van der Waals surface area contributed by atoms with Gasteiger partial charge in [-0.25, -0.2) is 4.79 Å². The lowest BCUT2D eigenvalue weighted by Gasteiger charge is -2.17. The fourth-order valence-electron chi connectivity index (χ4n) is 1.61. The highest BCUT2D eigenvalue weighted by atomic mass is 16.6. The topological polar surface area (TPSA) is 164 Å². The van der Waals surface area contributed by atoms with Crippen LogP contribution in [-0.4, -0.2) is 38.2 Å². The molecule has 1 aromatic carbocycles. The molecule has 20 heavy (non-hydrogen) atoms. The summed E-state index contributed by atoms with van der Waals surface area (Å²) in [6.45, 7) is 0. The Labute approximate surface area is 112 Å². The van der Waals surface area contributed by atoms with Crippen LogP contribution in [0.15, 0.2) is 18.2 Å². The minimum absolute atomic E-state index is 0.0678.